The number of alkyl halides is 3. The maximum Gasteiger partial charge on any atom is 0.573 e. The molecule has 0 amide bonds. The Morgan fingerprint density at radius 1 is 1.09 bits per heavy atom. The number of aromatic amines is 1. The van der Waals surface area contributed by atoms with Crippen LogP contribution in [0.1, 0.15) is 12.8 Å². The second kappa shape index (κ2) is 10.8. The van der Waals surface area contributed by atoms with Crippen LogP contribution in [-0.4, -0.2) is 66.9 Å². The van der Waals surface area contributed by atoms with Crippen molar-refractivity contribution in [3.63, 3.8) is 0 Å². The Morgan fingerprint density at radius 3 is 2.65 bits per heavy atom. The van der Waals surface area contributed by atoms with Crippen LogP contribution >= 0.6 is 0 Å². The lowest BCUT2D eigenvalue weighted by Crippen LogP contribution is -2.24. The first-order valence-corrected chi connectivity index (χ1v) is 11.2. The highest BCUT2D eigenvalue weighted by Crippen LogP contribution is 2.29. The summed E-state index contributed by atoms with van der Waals surface area (Å²) in [6.07, 6.45) is -3.06. The predicted octanol–water partition coefficient (Wildman–Crippen LogP) is 3.50. The summed E-state index contributed by atoms with van der Waals surface area (Å²) in [7, 11) is 0. The van der Waals surface area contributed by atoms with Crippen molar-refractivity contribution in [2.75, 3.05) is 49.5 Å². The van der Waals surface area contributed by atoms with Gasteiger partial charge in [-0.1, -0.05) is 0 Å². The molecule has 4 rings (SSSR count). The van der Waals surface area contributed by atoms with Crippen molar-refractivity contribution in [3.8, 4) is 11.5 Å². The Balaban J connectivity index is 1.29. The lowest BCUT2D eigenvalue weighted by Gasteiger charge is -2.19. The summed E-state index contributed by atoms with van der Waals surface area (Å²) in [6.45, 7) is 3.80. The highest BCUT2D eigenvalue weighted by Gasteiger charge is 2.31. The third kappa shape index (κ3) is 6.67. The second-order valence-corrected chi connectivity index (χ2v) is 8.03. The van der Waals surface area contributed by atoms with E-state index in [1.165, 1.54) is 24.3 Å². The smallest absolute Gasteiger partial charge is 0.489 e. The van der Waals surface area contributed by atoms with Crippen molar-refractivity contribution in [1.82, 2.24) is 15.3 Å². The molecular formula is C23H28F3N5O3. The number of nitrogens with one attached hydrogen (secondary N) is 3. The van der Waals surface area contributed by atoms with Crippen LogP contribution in [0.4, 0.5) is 24.8 Å². The molecule has 1 saturated heterocycles. The Hall–Kier alpha value is -3.18. The number of aliphatic hydroxyl groups excluding tert-OH is 1. The van der Waals surface area contributed by atoms with Crippen LogP contribution in [0.2, 0.25) is 0 Å². The number of hydrogen-bond donors (Lipinski definition) is 4. The summed E-state index contributed by atoms with van der Waals surface area (Å²) >= 11 is 0. The fraction of sp³-hybridized carbons (Fsp3) is 0.435. The molecule has 34 heavy (non-hydrogen) atoms. The zero-order valence-electron chi connectivity index (χ0n) is 18.6. The number of H-pyrrole nitrogens is 1. The van der Waals surface area contributed by atoms with Crippen molar-refractivity contribution < 1.29 is 27.8 Å². The minimum Gasteiger partial charge on any atom is -0.489 e. The Bertz CT molecular complexity index is 1060. The maximum absolute atomic E-state index is 12.3. The molecule has 1 aromatic heterocycles. The van der Waals surface area contributed by atoms with E-state index in [-0.39, 0.29) is 18.5 Å². The first kappa shape index (κ1) is 24.0. The molecule has 2 aromatic carbocycles. The van der Waals surface area contributed by atoms with E-state index in [1.54, 1.807) is 0 Å². The molecule has 3 aromatic rings. The van der Waals surface area contributed by atoms with Gasteiger partial charge in [-0.25, -0.2) is 4.98 Å². The lowest BCUT2D eigenvalue weighted by atomic mass is 10.2. The summed E-state index contributed by atoms with van der Waals surface area (Å²) in [5, 5.41) is 15.2. The first-order valence-electron chi connectivity index (χ1n) is 11.2. The van der Waals surface area contributed by atoms with Gasteiger partial charge in [-0.3, -0.25) is 0 Å². The molecule has 0 radical (unpaired) electrons. The van der Waals surface area contributed by atoms with Gasteiger partial charge >= 0.3 is 6.36 Å². The zero-order chi connectivity index (χ0) is 24.0. The van der Waals surface area contributed by atoms with E-state index in [0.717, 1.165) is 55.1 Å². The van der Waals surface area contributed by atoms with E-state index in [9.17, 15) is 13.2 Å². The van der Waals surface area contributed by atoms with Crippen LogP contribution in [0.25, 0.3) is 11.0 Å². The number of anilines is 2. The summed E-state index contributed by atoms with van der Waals surface area (Å²) < 4.78 is 46.8. The number of hydrogen-bond acceptors (Lipinski definition) is 7. The Labute approximate surface area is 195 Å². The van der Waals surface area contributed by atoms with Gasteiger partial charge in [0, 0.05) is 31.7 Å². The van der Waals surface area contributed by atoms with Crippen molar-refractivity contribution in [1.29, 1.82) is 0 Å². The van der Waals surface area contributed by atoms with Gasteiger partial charge in [0.1, 0.15) is 17.6 Å². The number of aromatic nitrogens is 2. The molecular weight excluding hydrogens is 451 g/mol. The molecule has 0 spiro atoms. The molecule has 0 bridgehead atoms. The van der Waals surface area contributed by atoms with Crippen LogP contribution in [0.5, 0.6) is 11.5 Å². The topological polar surface area (TPSA) is 94.7 Å². The number of benzene rings is 2. The fourth-order valence-electron chi connectivity index (χ4n) is 3.87. The molecule has 0 aliphatic carbocycles. The molecule has 1 fully saturated rings. The number of fused-ring (bicyclic) bond motifs is 1. The van der Waals surface area contributed by atoms with E-state index in [4.69, 9.17) is 9.84 Å². The summed E-state index contributed by atoms with van der Waals surface area (Å²) in [6, 6.07) is 11.5. The van der Waals surface area contributed by atoms with Gasteiger partial charge < -0.3 is 35.1 Å². The maximum atomic E-state index is 12.3. The molecule has 4 N–H and O–H groups in total. The van der Waals surface area contributed by atoms with Gasteiger partial charge in [-0.2, -0.15) is 0 Å². The molecule has 8 nitrogen and oxygen atoms in total. The number of imidazole rings is 1. The molecule has 11 heteroatoms. The minimum atomic E-state index is -4.71. The van der Waals surface area contributed by atoms with E-state index in [2.05, 4.69) is 36.3 Å². The van der Waals surface area contributed by atoms with Gasteiger partial charge in [0.15, 0.2) is 0 Å². The van der Waals surface area contributed by atoms with Crippen LogP contribution in [0.3, 0.4) is 0 Å². The van der Waals surface area contributed by atoms with Crippen LogP contribution < -0.4 is 25.0 Å². The van der Waals surface area contributed by atoms with E-state index < -0.39 is 6.36 Å². The van der Waals surface area contributed by atoms with Gasteiger partial charge in [0.2, 0.25) is 5.95 Å². The van der Waals surface area contributed by atoms with Gasteiger partial charge in [-0.05, 0) is 55.4 Å². The molecule has 184 valence electrons. The van der Waals surface area contributed by atoms with Crippen LogP contribution in [0.15, 0.2) is 42.5 Å². The standard InChI is InChI=1S/C23H28F3N5O3/c24-23(25,26)34-18-5-3-17(4-6-18)33-19-8-12-31(15-19)16-2-7-20-21(14-16)30-22(29-20)28-10-1-9-27-11-13-32/h2-7,14,19,27,32H,1,8-13,15H2,(H2,28,29,30). The van der Waals surface area contributed by atoms with E-state index in [0.29, 0.717) is 18.8 Å². The number of ether oxygens (including phenoxy) is 2. The number of rotatable bonds is 11. The largest absolute Gasteiger partial charge is 0.573 e. The van der Waals surface area contributed by atoms with Gasteiger partial charge in [0.05, 0.1) is 24.2 Å². The van der Waals surface area contributed by atoms with E-state index >= 15 is 0 Å². The molecule has 2 heterocycles. The normalized spacial score (nSPS) is 16.2. The summed E-state index contributed by atoms with van der Waals surface area (Å²) in [5.41, 5.74) is 2.86. The van der Waals surface area contributed by atoms with Crippen LogP contribution in [0, 0.1) is 0 Å². The van der Waals surface area contributed by atoms with Crippen molar-refractivity contribution >= 4 is 22.7 Å². The van der Waals surface area contributed by atoms with Crippen molar-refractivity contribution in [2.24, 2.45) is 0 Å². The number of halogens is 3. The van der Waals surface area contributed by atoms with Crippen LogP contribution in [-0.2, 0) is 0 Å². The third-order valence-corrected chi connectivity index (χ3v) is 5.45. The molecule has 1 aliphatic heterocycles. The van der Waals surface area contributed by atoms with Gasteiger partial charge in [-0.15, -0.1) is 13.2 Å². The van der Waals surface area contributed by atoms with Crippen molar-refractivity contribution in [2.45, 2.75) is 25.3 Å². The Kier molecular flexibility index (Phi) is 7.63. The Morgan fingerprint density at radius 2 is 1.88 bits per heavy atom. The quantitative estimate of drug-likeness (QED) is 0.313. The van der Waals surface area contributed by atoms with Gasteiger partial charge in [0.25, 0.3) is 0 Å². The molecule has 1 atom stereocenters. The summed E-state index contributed by atoms with van der Waals surface area (Å²) in [4.78, 5) is 10.1. The average Bonchev–Trinajstić information content (AvgIpc) is 3.42. The highest BCUT2D eigenvalue weighted by molar-refractivity contribution is 5.81. The van der Waals surface area contributed by atoms with E-state index in [1.807, 2.05) is 12.1 Å². The average molecular weight is 480 g/mol. The molecule has 0 saturated carbocycles. The highest BCUT2D eigenvalue weighted by atomic mass is 19.4. The molecule has 1 aliphatic rings. The zero-order valence-corrected chi connectivity index (χ0v) is 18.6. The monoisotopic (exact) mass is 479 g/mol. The SMILES string of the molecule is OCCNCCCNc1nc2ccc(N3CCC(Oc4ccc(OC(F)(F)F)cc4)C3)cc2[nH]1. The van der Waals surface area contributed by atoms with Crippen molar-refractivity contribution in [3.05, 3.63) is 42.5 Å². The molecule has 1 unspecified atom stereocenters. The third-order valence-electron chi connectivity index (χ3n) is 5.45. The minimum absolute atomic E-state index is 0.0662. The fourth-order valence-corrected chi connectivity index (χ4v) is 3.87. The number of nitrogens with zero attached hydrogens (tertiary/aromatic N) is 2. The predicted molar refractivity (Wildman–Crippen MR) is 124 cm³/mol. The first-order chi connectivity index (χ1) is 16.4. The second-order valence-electron chi connectivity index (χ2n) is 8.03. The number of aliphatic hydroxyl groups is 1. The summed E-state index contributed by atoms with van der Waals surface area (Å²) in [5.74, 6) is 0.954. The lowest BCUT2D eigenvalue weighted by molar-refractivity contribution is -0.274.